The van der Waals surface area contributed by atoms with E-state index in [4.69, 9.17) is 21.7 Å². The molecule has 2 aromatic carbocycles. The van der Waals surface area contributed by atoms with E-state index in [1.54, 1.807) is 9.80 Å². The van der Waals surface area contributed by atoms with Crippen molar-refractivity contribution in [3.63, 3.8) is 0 Å². The number of piperazine rings is 1. The Hall–Kier alpha value is -3.31. The van der Waals surface area contributed by atoms with Crippen molar-refractivity contribution in [3.8, 4) is 0 Å². The van der Waals surface area contributed by atoms with Crippen molar-refractivity contribution in [3.05, 3.63) is 59.7 Å². The van der Waals surface area contributed by atoms with Crippen LogP contribution in [-0.2, 0) is 20.9 Å². The highest BCUT2D eigenvalue weighted by molar-refractivity contribution is 7.80. The van der Waals surface area contributed by atoms with Crippen LogP contribution in [0.3, 0.4) is 0 Å². The lowest BCUT2D eigenvalue weighted by molar-refractivity contribution is -0.136. The van der Waals surface area contributed by atoms with Gasteiger partial charge in [-0.25, -0.2) is 13.6 Å². The first-order chi connectivity index (χ1) is 17.9. The number of carbonyl (C=O) groups excluding carboxylic acids is 2. The Morgan fingerprint density at radius 2 is 1.81 bits per heavy atom. The molecule has 2 aliphatic heterocycles. The number of cyclic esters (lactones) is 1. The van der Waals surface area contributed by atoms with Crippen LogP contribution >= 0.6 is 12.2 Å². The first-order valence-electron chi connectivity index (χ1n) is 12.2. The quantitative estimate of drug-likeness (QED) is 0.496. The number of hydrogen-bond acceptors (Lipinski definition) is 6. The Kier molecular flexibility index (Phi) is 8.88. The van der Waals surface area contributed by atoms with Gasteiger partial charge in [0.25, 0.3) is 0 Å². The van der Waals surface area contributed by atoms with Gasteiger partial charge < -0.3 is 24.6 Å². The van der Waals surface area contributed by atoms with Gasteiger partial charge in [-0.2, -0.15) is 0 Å². The molecule has 0 aliphatic carbocycles. The summed E-state index contributed by atoms with van der Waals surface area (Å²) in [5.74, 6) is -1.71. The highest BCUT2D eigenvalue weighted by Gasteiger charge is 2.34. The largest absolute Gasteiger partial charge is 0.442 e. The van der Waals surface area contributed by atoms with Crippen LogP contribution in [0.25, 0.3) is 0 Å². The summed E-state index contributed by atoms with van der Waals surface area (Å²) in [5.41, 5.74) is 0.897. The number of thiocarbonyl (C=S) groups is 1. The Morgan fingerprint density at radius 3 is 2.46 bits per heavy atom. The van der Waals surface area contributed by atoms with Gasteiger partial charge in [0.1, 0.15) is 18.4 Å². The highest BCUT2D eigenvalue weighted by atomic mass is 32.1. The maximum absolute atomic E-state index is 15.1. The lowest BCUT2D eigenvalue weighted by Gasteiger charge is -2.36. The second-order valence-electron chi connectivity index (χ2n) is 8.88. The average Bonchev–Trinajstić information content (AvgIpc) is 3.28. The van der Waals surface area contributed by atoms with Crippen molar-refractivity contribution in [2.24, 2.45) is 0 Å². The molecule has 2 saturated heterocycles. The second kappa shape index (κ2) is 12.3. The molecule has 198 valence electrons. The van der Waals surface area contributed by atoms with E-state index in [2.05, 4.69) is 5.32 Å². The molecule has 0 aromatic heterocycles. The zero-order valence-electron chi connectivity index (χ0n) is 20.6. The van der Waals surface area contributed by atoms with Crippen molar-refractivity contribution in [2.75, 3.05) is 55.7 Å². The number of halogens is 2. The van der Waals surface area contributed by atoms with Crippen LogP contribution in [0, 0.1) is 11.6 Å². The molecule has 8 nitrogen and oxygen atoms in total. The first-order valence-corrected chi connectivity index (χ1v) is 12.6. The summed E-state index contributed by atoms with van der Waals surface area (Å²) >= 11 is 5.11. The number of ether oxygens (including phenoxy) is 2. The first kappa shape index (κ1) is 26.7. The Bertz CT molecular complexity index is 1110. The van der Waals surface area contributed by atoms with Gasteiger partial charge in [-0.05, 0) is 12.0 Å². The van der Waals surface area contributed by atoms with Crippen LogP contribution < -0.4 is 15.1 Å². The van der Waals surface area contributed by atoms with E-state index in [0.717, 1.165) is 17.7 Å². The number of rotatable bonds is 9. The predicted molar refractivity (Wildman–Crippen MR) is 140 cm³/mol. The summed E-state index contributed by atoms with van der Waals surface area (Å²) < 4.78 is 40.9. The molecular formula is C26H30F2N4O4S. The van der Waals surface area contributed by atoms with Crippen LogP contribution in [0.1, 0.15) is 18.9 Å². The van der Waals surface area contributed by atoms with Gasteiger partial charge in [-0.3, -0.25) is 9.69 Å². The highest BCUT2D eigenvalue weighted by Crippen LogP contribution is 2.31. The minimum atomic E-state index is -0.775. The topological polar surface area (TPSA) is 74.4 Å². The zero-order valence-corrected chi connectivity index (χ0v) is 21.4. The van der Waals surface area contributed by atoms with E-state index < -0.39 is 23.8 Å². The molecule has 1 atom stereocenters. The van der Waals surface area contributed by atoms with E-state index in [9.17, 15) is 9.59 Å². The smallest absolute Gasteiger partial charge is 0.414 e. The van der Waals surface area contributed by atoms with E-state index >= 15 is 8.78 Å². The molecule has 2 fully saturated rings. The van der Waals surface area contributed by atoms with Crippen molar-refractivity contribution in [2.45, 2.75) is 26.1 Å². The van der Waals surface area contributed by atoms with Gasteiger partial charge in [0.15, 0.2) is 11.6 Å². The maximum Gasteiger partial charge on any atom is 0.414 e. The molecule has 2 aliphatic rings. The molecule has 0 unspecified atom stereocenters. The van der Waals surface area contributed by atoms with E-state index in [1.165, 1.54) is 4.90 Å². The molecule has 0 radical (unpaired) electrons. The van der Waals surface area contributed by atoms with Crippen LogP contribution in [0.5, 0.6) is 0 Å². The molecule has 4 rings (SSSR count). The number of carbonyl (C=O) groups is 2. The third kappa shape index (κ3) is 6.72. The van der Waals surface area contributed by atoms with Gasteiger partial charge in [-0.1, -0.05) is 49.5 Å². The van der Waals surface area contributed by atoms with Crippen molar-refractivity contribution in [1.82, 2.24) is 10.2 Å². The van der Waals surface area contributed by atoms with Crippen LogP contribution in [0.2, 0.25) is 0 Å². The maximum atomic E-state index is 15.1. The fraction of sp³-hybridized carbons (Fsp3) is 0.423. The SMILES string of the molecule is CCC(=S)NC[C@H]1CN(c2cc(F)c(N3CCN(C(=O)COCc4ccccc4)CC3)c(F)c2)C(=O)O1. The van der Waals surface area contributed by atoms with Crippen LogP contribution in [0.15, 0.2) is 42.5 Å². The molecular weight excluding hydrogens is 502 g/mol. The monoisotopic (exact) mass is 532 g/mol. The number of nitrogens with zero attached hydrogens (tertiary/aromatic N) is 3. The number of benzene rings is 2. The standard InChI is InChI=1S/C26H30F2N4O4S/c1-2-23(37)29-14-20-15-32(26(34)36-20)19-12-21(27)25(22(28)13-19)31-10-8-30(9-11-31)24(33)17-35-16-18-6-4-3-5-7-18/h3-7,12-13,20H,2,8-11,14-17H2,1H3,(H,29,37)/t20-/m0/s1. The molecule has 0 spiro atoms. The van der Waals surface area contributed by atoms with Crippen LogP contribution in [-0.4, -0.2) is 73.9 Å². The summed E-state index contributed by atoms with van der Waals surface area (Å²) in [5, 5.41) is 3.01. The lowest BCUT2D eigenvalue weighted by atomic mass is 10.2. The van der Waals surface area contributed by atoms with Crippen LogP contribution in [0.4, 0.5) is 25.0 Å². The van der Waals surface area contributed by atoms with Crippen molar-refractivity contribution in [1.29, 1.82) is 0 Å². The number of hydrogen-bond donors (Lipinski definition) is 1. The fourth-order valence-corrected chi connectivity index (χ4v) is 4.39. The molecule has 37 heavy (non-hydrogen) atoms. The fourth-order valence-electron chi connectivity index (χ4n) is 4.30. The zero-order chi connectivity index (χ0) is 26.4. The number of amides is 2. The molecule has 2 heterocycles. The van der Waals surface area contributed by atoms with E-state index in [0.29, 0.717) is 37.7 Å². The molecule has 0 saturated carbocycles. The average molecular weight is 533 g/mol. The third-order valence-electron chi connectivity index (χ3n) is 6.32. The minimum Gasteiger partial charge on any atom is -0.442 e. The summed E-state index contributed by atoms with van der Waals surface area (Å²) in [7, 11) is 0. The predicted octanol–water partition coefficient (Wildman–Crippen LogP) is 3.48. The van der Waals surface area contributed by atoms with Crippen molar-refractivity contribution < 1.29 is 27.8 Å². The van der Waals surface area contributed by atoms with Gasteiger partial charge in [0.05, 0.1) is 30.4 Å². The summed E-state index contributed by atoms with van der Waals surface area (Å²) in [4.78, 5) is 29.9. The normalized spacial score (nSPS) is 17.6. The molecule has 0 bridgehead atoms. The molecule has 11 heteroatoms. The van der Waals surface area contributed by atoms with Gasteiger partial charge in [0, 0.05) is 38.3 Å². The molecule has 1 N–H and O–H groups in total. The molecule has 2 aromatic rings. The Balaban J connectivity index is 1.31. The summed E-state index contributed by atoms with van der Waals surface area (Å²) in [6.07, 6.45) is -0.477. The number of nitrogens with one attached hydrogen (secondary N) is 1. The minimum absolute atomic E-state index is 0.0566. The van der Waals surface area contributed by atoms with Gasteiger partial charge >= 0.3 is 6.09 Å². The van der Waals surface area contributed by atoms with Gasteiger partial charge in [-0.15, -0.1) is 0 Å². The summed E-state index contributed by atoms with van der Waals surface area (Å²) in [6, 6.07) is 11.8. The van der Waals surface area contributed by atoms with Gasteiger partial charge in [0.2, 0.25) is 5.91 Å². The number of anilines is 2. The van der Waals surface area contributed by atoms with Crippen molar-refractivity contribution >= 4 is 40.6 Å². The van der Waals surface area contributed by atoms with E-state index in [1.807, 2.05) is 37.3 Å². The Labute approximate surface area is 220 Å². The van der Waals surface area contributed by atoms with E-state index in [-0.39, 0.29) is 43.5 Å². The molecule has 2 amide bonds. The summed E-state index contributed by atoms with van der Waals surface area (Å²) in [6.45, 7) is 3.86. The second-order valence-corrected chi connectivity index (χ2v) is 9.37. The third-order valence-corrected chi connectivity index (χ3v) is 6.75. The Morgan fingerprint density at radius 1 is 1.14 bits per heavy atom. The lowest BCUT2D eigenvalue weighted by Crippen LogP contribution is -2.50.